The summed E-state index contributed by atoms with van der Waals surface area (Å²) in [6.45, 7) is 2.48. The van der Waals surface area contributed by atoms with E-state index in [4.69, 9.17) is 9.47 Å². The Bertz CT molecular complexity index is 298. The molecule has 3 nitrogen and oxygen atoms in total. The molecule has 0 aromatic heterocycles. The Labute approximate surface area is 129 Å². The van der Waals surface area contributed by atoms with Crippen LogP contribution in [0.25, 0.3) is 0 Å². The summed E-state index contributed by atoms with van der Waals surface area (Å²) in [5, 5.41) is 10.7. The summed E-state index contributed by atoms with van der Waals surface area (Å²) in [6.07, 6.45) is 13.2. The lowest BCUT2D eigenvalue weighted by Gasteiger charge is -2.44. The molecule has 21 heavy (non-hydrogen) atoms. The number of hydrogen-bond acceptors (Lipinski definition) is 3. The molecule has 122 valence electrons. The van der Waals surface area contributed by atoms with Gasteiger partial charge in [-0.1, -0.05) is 38.5 Å². The van der Waals surface area contributed by atoms with Crippen LogP contribution in [0.5, 0.6) is 0 Å². The van der Waals surface area contributed by atoms with Crippen LogP contribution in [0.2, 0.25) is 0 Å². The van der Waals surface area contributed by atoms with Crippen molar-refractivity contribution in [2.24, 2.45) is 11.8 Å². The molecule has 2 saturated heterocycles. The molecule has 3 rings (SSSR count). The fraction of sp³-hybridized carbons (Fsp3) is 1.00. The monoisotopic (exact) mass is 296 g/mol. The van der Waals surface area contributed by atoms with Crippen LogP contribution in [0.15, 0.2) is 0 Å². The zero-order valence-corrected chi connectivity index (χ0v) is 13.4. The lowest BCUT2D eigenvalue weighted by atomic mass is 9.76. The van der Waals surface area contributed by atoms with Crippen molar-refractivity contribution in [1.82, 2.24) is 0 Å². The lowest BCUT2D eigenvalue weighted by Crippen LogP contribution is -2.46. The molecule has 2 aliphatic heterocycles. The third kappa shape index (κ3) is 4.20. The first-order chi connectivity index (χ1) is 10.3. The third-order valence-electron chi connectivity index (χ3n) is 6.03. The van der Waals surface area contributed by atoms with Gasteiger partial charge in [0, 0.05) is 19.8 Å². The van der Waals surface area contributed by atoms with Gasteiger partial charge in [-0.05, 0) is 43.9 Å². The van der Waals surface area contributed by atoms with Gasteiger partial charge in [0.1, 0.15) is 0 Å². The second kappa shape index (κ2) is 7.43. The van der Waals surface area contributed by atoms with E-state index in [1.807, 2.05) is 0 Å². The molecule has 0 radical (unpaired) electrons. The molecule has 1 spiro atoms. The van der Waals surface area contributed by atoms with Crippen molar-refractivity contribution < 1.29 is 14.6 Å². The topological polar surface area (TPSA) is 38.7 Å². The Morgan fingerprint density at radius 2 is 1.67 bits per heavy atom. The van der Waals surface area contributed by atoms with E-state index in [0.717, 1.165) is 57.8 Å². The Morgan fingerprint density at radius 3 is 2.38 bits per heavy atom. The number of ether oxygens (including phenoxy) is 2. The van der Waals surface area contributed by atoms with E-state index >= 15 is 0 Å². The predicted molar refractivity (Wildman–Crippen MR) is 83.3 cm³/mol. The molecule has 2 unspecified atom stereocenters. The molecule has 0 aromatic rings. The van der Waals surface area contributed by atoms with Crippen LogP contribution in [0.1, 0.15) is 70.6 Å². The summed E-state index contributed by atoms with van der Waals surface area (Å²) in [5.41, 5.74) is 0.0194. The lowest BCUT2D eigenvalue weighted by molar-refractivity contribution is -0.159. The molecule has 0 amide bonds. The molecule has 1 saturated carbocycles. The Kier molecular flexibility index (Phi) is 5.58. The Morgan fingerprint density at radius 1 is 0.952 bits per heavy atom. The predicted octanol–water partition coefficient (Wildman–Crippen LogP) is 3.68. The molecule has 3 fully saturated rings. The van der Waals surface area contributed by atoms with Gasteiger partial charge in [-0.2, -0.15) is 0 Å². The average Bonchev–Trinajstić information content (AvgIpc) is 2.77. The molecule has 2 atom stereocenters. The van der Waals surface area contributed by atoms with Gasteiger partial charge < -0.3 is 14.6 Å². The summed E-state index contributed by atoms with van der Waals surface area (Å²) in [6, 6.07) is 0. The van der Waals surface area contributed by atoms with Crippen LogP contribution in [-0.4, -0.2) is 36.6 Å². The fourth-order valence-corrected chi connectivity index (χ4v) is 4.62. The zero-order chi connectivity index (χ0) is 14.5. The second-order valence-corrected chi connectivity index (χ2v) is 7.56. The fourth-order valence-electron chi connectivity index (χ4n) is 4.62. The van der Waals surface area contributed by atoms with Crippen molar-refractivity contribution in [3.8, 4) is 0 Å². The molecule has 1 aliphatic carbocycles. The van der Waals surface area contributed by atoms with Gasteiger partial charge in [0.15, 0.2) is 0 Å². The van der Waals surface area contributed by atoms with Crippen molar-refractivity contribution in [2.75, 3.05) is 19.8 Å². The number of aliphatic hydroxyl groups is 1. The van der Waals surface area contributed by atoms with Crippen LogP contribution < -0.4 is 0 Å². The van der Waals surface area contributed by atoms with Gasteiger partial charge in [-0.15, -0.1) is 0 Å². The molecule has 3 aliphatic rings. The van der Waals surface area contributed by atoms with Gasteiger partial charge in [-0.3, -0.25) is 0 Å². The Hall–Kier alpha value is -0.120. The van der Waals surface area contributed by atoms with Crippen molar-refractivity contribution in [1.29, 1.82) is 0 Å². The highest BCUT2D eigenvalue weighted by molar-refractivity contribution is 4.91. The van der Waals surface area contributed by atoms with E-state index in [1.165, 1.54) is 38.5 Å². The van der Waals surface area contributed by atoms with Crippen LogP contribution in [0.3, 0.4) is 0 Å². The smallest absolute Gasteiger partial charge is 0.0730 e. The third-order valence-corrected chi connectivity index (χ3v) is 6.03. The summed E-state index contributed by atoms with van der Waals surface area (Å²) < 4.78 is 11.6. The number of hydrogen-bond donors (Lipinski definition) is 1. The first kappa shape index (κ1) is 15.8. The number of aliphatic hydroxyl groups excluding tert-OH is 1. The number of rotatable bonds is 3. The highest BCUT2D eigenvalue weighted by atomic mass is 16.5. The van der Waals surface area contributed by atoms with Crippen molar-refractivity contribution in [3.63, 3.8) is 0 Å². The summed E-state index contributed by atoms with van der Waals surface area (Å²) in [5.74, 6) is 1.20. The standard InChI is InChI=1S/C18H32O3/c19-17(13-15-5-3-1-2-4-6-15)16-7-10-21-18(14-16)8-11-20-12-9-18/h15-17,19H,1-14H2. The van der Waals surface area contributed by atoms with Gasteiger partial charge in [0.2, 0.25) is 0 Å². The molecule has 0 aromatic carbocycles. The van der Waals surface area contributed by atoms with E-state index in [1.54, 1.807) is 0 Å². The molecule has 1 N–H and O–H groups in total. The van der Waals surface area contributed by atoms with Crippen molar-refractivity contribution >= 4 is 0 Å². The van der Waals surface area contributed by atoms with E-state index in [-0.39, 0.29) is 11.7 Å². The maximum Gasteiger partial charge on any atom is 0.0730 e. The molecular weight excluding hydrogens is 264 g/mol. The minimum atomic E-state index is -0.114. The SMILES string of the molecule is OC(CC1CCCCCC1)C1CCOC2(CCOCC2)C1. The van der Waals surface area contributed by atoms with Crippen molar-refractivity contribution in [3.05, 3.63) is 0 Å². The van der Waals surface area contributed by atoms with Crippen LogP contribution in [0.4, 0.5) is 0 Å². The van der Waals surface area contributed by atoms with Crippen LogP contribution in [-0.2, 0) is 9.47 Å². The maximum absolute atomic E-state index is 10.7. The highest BCUT2D eigenvalue weighted by Crippen LogP contribution is 2.40. The van der Waals surface area contributed by atoms with Crippen LogP contribution >= 0.6 is 0 Å². The summed E-state index contributed by atoms with van der Waals surface area (Å²) in [4.78, 5) is 0. The van der Waals surface area contributed by atoms with Crippen molar-refractivity contribution in [2.45, 2.75) is 82.3 Å². The second-order valence-electron chi connectivity index (χ2n) is 7.56. The quantitative estimate of drug-likeness (QED) is 0.807. The maximum atomic E-state index is 10.7. The Balaban J connectivity index is 1.52. The zero-order valence-electron chi connectivity index (χ0n) is 13.4. The normalized spacial score (nSPS) is 32.7. The van der Waals surface area contributed by atoms with E-state index in [2.05, 4.69) is 0 Å². The summed E-state index contributed by atoms with van der Waals surface area (Å²) in [7, 11) is 0. The average molecular weight is 296 g/mol. The van der Waals surface area contributed by atoms with E-state index < -0.39 is 0 Å². The van der Waals surface area contributed by atoms with E-state index in [9.17, 15) is 5.11 Å². The van der Waals surface area contributed by atoms with Gasteiger partial charge in [0.05, 0.1) is 11.7 Å². The van der Waals surface area contributed by atoms with Gasteiger partial charge in [-0.25, -0.2) is 0 Å². The minimum Gasteiger partial charge on any atom is -0.393 e. The highest BCUT2D eigenvalue weighted by Gasteiger charge is 2.41. The molecule has 3 heteroatoms. The van der Waals surface area contributed by atoms with Crippen LogP contribution in [0, 0.1) is 11.8 Å². The van der Waals surface area contributed by atoms with Gasteiger partial charge in [0.25, 0.3) is 0 Å². The molecular formula is C18H32O3. The first-order valence-electron chi connectivity index (χ1n) is 9.17. The largest absolute Gasteiger partial charge is 0.393 e. The first-order valence-corrected chi connectivity index (χ1v) is 9.17. The molecule has 0 bridgehead atoms. The molecule has 2 heterocycles. The minimum absolute atomic E-state index is 0.0194. The van der Waals surface area contributed by atoms with Gasteiger partial charge >= 0.3 is 0 Å². The summed E-state index contributed by atoms with van der Waals surface area (Å²) >= 11 is 0. The van der Waals surface area contributed by atoms with E-state index in [0.29, 0.717) is 5.92 Å².